The van der Waals surface area contributed by atoms with E-state index in [4.69, 9.17) is 9.15 Å². The van der Waals surface area contributed by atoms with Gasteiger partial charge in [-0.1, -0.05) is 12.1 Å². The van der Waals surface area contributed by atoms with E-state index >= 15 is 0 Å². The van der Waals surface area contributed by atoms with Crippen molar-refractivity contribution in [2.45, 2.75) is 25.0 Å². The van der Waals surface area contributed by atoms with Crippen LogP contribution < -0.4 is 10.6 Å². The number of carbonyl (C=O) groups is 2. The Kier molecular flexibility index (Phi) is 4.96. The third-order valence-corrected chi connectivity index (χ3v) is 6.03. The van der Waals surface area contributed by atoms with E-state index in [1.807, 2.05) is 24.3 Å². The van der Waals surface area contributed by atoms with E-state index in [1.54, 1.807) is 17.0 Å². The summed E-state index contributed by atoms with van der Waals surface area (Å²) in [6, 6.07) is 11.1. The molecule has 1 atom stereocenters. The molecule has 0 saturated carbocycles. The molecule has 0 radical (unpaired) electrons. The number of benzene rings is 1. The minimum absolute atomic E-state index is 0.107. The molecule has 0 aliphatic carbocycles. The van der Waals surface area contributed by atoms with Crippen LogP contribution in [-0.4, -0.2) is 66.7 Å². The van der Waals surface area contributed by atoms with Gasteiger partial charge in [0.2, 0.25) is 0 Å². The van der Waals surface area contributed by atoms with Crippen molar-refractivity contribution in [1.82, 2.24) is 15.1 Å². The normalized spacial score (nSPS) is 24.3. The summed E-state index contributed by atoms with van der Waals surface area (Å²) in [5.41, 5.74) is 0.787. The maximum Gasteiger partial charge on any atom is 0.289 e. The molecule has 1 spiro atoms. The highest BCUT2D eigenvalue weighted by Crippen LogP contribution is 2.31. The molecule has 5 rings (SSSR count). The quantitative estimate of drug-likeness (QED) is 0.804. The molecule has 1 unspecified atom stereocenters. The molecule has 0 bridgehead atoms. The summed E-state index contributed by atoms with van der Waals surface area (Å²) in [4.78, 5) is 29.7. The number of piperidine rings is 1. The summed E-state index contributed by atoms with van der Waals surface area (Å²) in [5, 5.41) is 6.55. The molecule has 8 nitrogen and oxygen atoms in total. The summed E-state index contributed by atoms with van der Waals surface area (Å²) in [6.45, 7) is 4.89. The van der Waals surface area contributed by atoms with Gasteiger partial charge in [-0.3, -0.25) is 14.5 Å². The molecule has 158 valence electrons. The minimum atomic E-state index is -0.650. The molecule has 8 heteroatoms. The number of para-hydroxylation sites is 1. The number of furan rings is 1. The molecule has 4 heterocycles. The minimum Gasteiger partial charge on any atom is -0.455 e. The fourth-order valence-electron chi connectivity index (χ4n) is 4.51. The Morgan fingerprint density at radius 3 is 2.77 bits per heavy atom. The average molecular weight is 410 g/mol. The summed E-state index contributed by atoms with van der Waals surface area (Å²) in [5.74, 6) is 0.879. The lowest BCUT2D eigenvalue weighted by Crippen LogP contribution is -2.66. The number of anilines is 1. The number of likely N-dealkylation sites (tertiary alicyclic amines) is 1. The van der Waals surface area contributed by atoms with Gasteiger partial charge < -0.3 is 24.7 Å². The van der Waals surface area contributed by atoms with Crippen LogP contribution in [0.1, 0.15) is 39.5 Å². The average Bonchev–Trinajstić information content (AvgIpc) is 3.22. The molecule has 2 fully saturated rings. The van der Waals surface area contributed by atoms with Crippen molar-refractivity contribution >= 4 is 17.5 Å². The first kappa shape index (κ1) is 19.1. The Bertz CT molecular complexity index is 952. The fourth-order valence-corrected chi connectivity index (χ4v) is 4.51. The number of amides is 2. The van der Waals surface area contributed by atoms with Gasteiger partial charge in [0, 0.05) is 25.3 Å². The first-order valence-corrected chi connectivity index (χ1v) is 10.5. The number of hydrogen-bond donors (Lipinski definition) is 2. The van der Waals surface area contributed by atoms with E-state index < -0.39 is 5.66 Å². The number of carbonyl (C=O) groups excluding carboxylic acids is 2. The maximum absolute atomic E-state index is 13.1. The molecular formula is C22H26N4O4. The van der Waals surface area contributed by atoms with Gasteiger partial charge in [-0.15, -0.1) is 0 Å². The van der Waals surface area contributed by atoms with Crippen molar-refractivity contribution in [2.24, 2.45) is 0 Å². The van der Waals surface area contributed by atoms with Gasteiger partial charge >= 0.3 is 0 Å². The second kappa shape index (κ2) is 7.77. The second-order valence-electron chi connectivity index (χ2n) is 8.19. The molecular weight excluding hydrogens is 384 g/mol. The summed E-state index contributed by atoms with van der Waals surface area (Å²) >= 11 is 0. The van der Waals surface area contributed by atoms with Gasteiger partial charge in [-0.25, -0.2) is 0 Å². The van der Waals surface area contributed by atoms with Crippen LogP contribution in [0.2, 0.25) is 0 Å². The lowest BCUT2D eigenvalue weighted by molar-refractivity contribution is 0.0308. The predicted octanol–water partition coefficient (Wildman–Crippen LogP) is 1.90. The van der Waals surface area contributed by atoms with Gasteiger partial charge in [0.15, 0.2) is 5.76 Å². The van der Waals surface area contributed by atoms with E-state index in [9.17, 15) is 9.59 Å². The smallest absolute Gasteiger partial charge is 0.289 e. The molecule has 30 heavy (non-hydrogen) atoms. The Balaban J connectivity index is 1.28. The van der Waals surface area contributed by atoms with Crippen molar-refractivity contribution in [3.63, 3.8) is 0 Å². The topological polar surface area (TPSA) is 87.1 Å². The Morgan fingerprint density at radius 2 is 1.90 bits per heavy atom. The number of rotatable bonds is 3. The van der Waals surface area contributed by atoms with Crippen LogP contribution in [0.5, 0.6) is 0 Å². The summed E-state index contributed by atoms with van der Waals surface area (Å²) < 4.78 is 11.2. The van der Waals surface area contributed by atoms with Crippen LogP contribution in [0.15, 0.2) is 40.8 Å². The lowest BCUT2D eigenvalue weighted by Gasteiger charge is -2.46. The van der Waals surface area contributed by atoms with E-state index in [0.717, 1.165) is 50.6 Å². The standard InChI is InChI=1S/C22H26N4O4/c27-20-17-4-1-2-5-18(17)23-22(24-20)8-3-9-26(15-22)21(28)19-7-6-16(30-19)14-25-10-12-29-13-11-25/h1-2,4-7,23H,3,8-15H2,(H,24,27). The van der Waals surface area contributed by atoms with E-state index in [0.29, 0.717) is 31.0 Å². The second-order valence-corrected chi connectivity index (χ2v) is 8.19. The van der Waals surface area contributed by atoms with Crippen LogP contribution in [0, 0.1) is 0 Å². The fraction of sp³-hybridized carbons (Fsp3) is 0.455. The third kappa shape index (κ3) is 3.68. The Morgan fingerprint density at radius 1 is 1.07 bits per heavy atom. The number of hydrogen-bond acceptors (Lipinski definition) is 6. The van der Waals surface area contributed by atoms with Crippen LogP contribution in [0.25, 0.3) is 0 Å². The van der Waals surface area contributed by atoms with Gasteiger partial charge in [-0.2, -0.15) is 0 Å². The van der Waals surface area contributed by atoms with Crippen molar-refractivity contribution in [1.29, 1.82) is 0 Å². The van der Waals surface area contributed by atoms with Crippen LogP contribution in [-0.2, 0) is 11.3 Å². The number of ether oxygens (including phenoxy) is 1. The molecule has 1 aromatic carbocycles. The Labute approximate surface area is 175 Å². The molecule has 3 aliphatic heterocycles. The largest absolute Gasteiger partial charge is 0.455 e. The molecule has 2 aromatic rings. The highest BCUT2D eigenvalue weighted by Gasteiger charge is 2.42. The van der Waals surface area contributed by atoms with Gasteiger partial charge in [-0.05, 0) is 37.1 Å². The van der Waals surface area contributed by atoms with Gasteiger partial charge in [0.1, 0.15) is 11.4 Å². The van der Waals surface area contributed by atoms with Crippen molar-refractivity contribution in [2.75, 3.05) is 44.7 Å². The number of morpholine rings is 1. The predicted molar refractivity (Wildman–Crippen MR) is 110 cm³/mol. The maximum atomic E-state index is 13.1. The number of nitrogens with zero attached hydrogens (tertiary/aromatic N) is 2. The van der Waals surface area contributed by atoms with Crippen LogP contribution in [0.3, 0.4) is 0 Å². The molecule has 2 N–H and O–H groups in total. The Hall–Kier alpha value is -2.84. The van der Waals surface area contributed by atoms with E-state index in [2.05, 4.69) is 15.5 Å². The monoisotopic (exact) mass is 410 g/mol. The van der Waals surface area contributed by atoms with Crippen molar-refractivity contribution in [3.8, 4) is 0 Å². The van der Waals surface area contributed by atoms with Gasteiger partial charge in [0.25, 0.3) is 11.8 Å². The van der Waals surface area contributed by atoms with Crippen molar-refractivity contribution in [3.05, 3.63) is 53.5 Å². The first-order valence-electron chi connectivity index (χ1n) is 10.5. The summed E-state index contributed by atoms with van der Waals surface area (Å²) in [6.07, 6.45) is 1.56. The lowest BCUT2D eigenvalue weighted by atomic mass is 9.93. The van der Waals surface area contributed by atoms with Gasteiger partial charge in [0.05, 0.1) is 31.9 Å². The molecule has 3 aliphatic rings. The summed E-state index contributed by atoms with van der Waals surface area (Å²) in [7, 11) is 0. The number of fused-ring (bicyclic) bond motifs is 1. The SMILES string of the molecule is O=C1NC2(CCCN(C(=O)c3ccc(CN4CCOCC4)o3)C2)Nc2ccccc21. The van der Waals surface area contributed by atoms with E-state index in [1.165, 1.54) is 0 Å². The first-order chi connectivity index (χ1) is 14.6. The van der Waals surface area contributed by atoms with Crippen LogP contribution >= 0.6 is 0 Å². The third-order valence-electron chi connectivity index (χ3n) is 6.03. The van der Waals surface area contributed by atoms with E-state index in [-0.39, 0.29) is 11.8 Å². The molecule has 2 saturated heterocycles. The zero-order valence-electron chi connectivity index (χ0n) is 16.9. The van der Waals surface area contributed by atoms with Crippen LogP contribution in [0.4, 0.5) is 5.69 Å². The highest BCUT2D eigenvalue weighted by atomic mass is 16.5. The zero-order valence-corrected chi connectivity index (χ0v) is 16.9. The zero-order chi connectivity index (χ0) is 20.6. The molecule has 1 aromatic heterocycles. The van der Waals surface area contributed by atoms with Crippen molar-refractivity contribution < 1.29 is 18.7 Å². The molecule has 2 amide bonds. The highest BCUT2D eigenvalue weighted by molar-refractivity contribution is 6.02. The number of nitrogens with one attached hydrogen (secondary N) is 2.